The summed E-state index contributed by atoms with van der Waals surface area (Å²) in [6, 6.07) is 0. The van der Waals surface area contributed by atoms with Crippen LogP contribution in [0.5, 0.6) is 0 Å². The highest BCUT2D eigenvalue weighted by Crippen LogP contribution is 2.34. The number of nitrogen functional groups attached to an aromatic ring is 1. The maximum atomic E-state index is 6.11. The van der Waals surface area contributed by atoms with Crippen molar-refractivity contribution >= 4 is 17.1 Å². The van der Waals surface area contributed by atoms with Gasteiger partial charge in [-0.2, -0.15) is 5.10 Å². The summed E-state index contributed by atoms with van der Waals surface area (Å²) >= 11 is 0. The lowest BCUT2D eigenvalue weighted by Gasteiger charge is -2.25. The molecule has 2 aromatic heterocycles. The van der Waals surface area contributed by atoms with E-state index in [0.29, 0.717) is 12.6 Å². The average molecular weight is 249 g/mol. The van der Waals surface area contributed by atoms with Crippen molar-refractivity contribution in [3.63, 3.8) is 0 Å². The number of imidazole rings is 1. The summed E-state index contributed by atoms with van der Waals surface area (Å²) in [6.07, 6.45) is 0.955. The highest BCUT2D eigenvalue weighted by molar-refractivity contribution is 5.78. The number of aryl methyl sites for hydroxylation is 2. The minimum atomic E-state index is -0.113. The lowest BCUT2D eigenvalue weighted by molar-refractivity contribution is 0.163. The molecule has 1 saturated heterocycles. The molecule has 6 heteroatoms. The first kappa shape index (κ1) is 11.5. The SMILES string of the molecule is CCn1nc(C)c2nc(N)n(C3(C)CCOC3)c21. The molecule has 0 aliphatic carbocycles. The Morgan fingerprint density at radius 2 is 2.28 bits per heavy atom. The first-order valence-corrected chi connectivity index (χ1v) is 6.36. The first-order chi connectivity index (χ1) is 8.57. The van der Waals surface area contributed by atoms with Gasteiger partial charge in [0.2, 0.25) is 5.95 Å². The van der Waals surface area contributed by atoms with Gasteiger partial charge in [-0.25, -0.2) is 9.67 Å². The van der Waals surface area contributed by atoms with Gasteiger partial charge in [-0.1, -0.05) is 0 Å². The van der Waals surface area contributed by atoms with Gasteiger partial charge in [0.15, 0.2) is 5.65 Å². The summed E-state index contributed by atoms with van der Waals surface area (Å²) in [4.78, 5) is 4.47. The zero-order valence-electron chi connectivity index (χ0n) is 11.1. The molecule has 0 saturated carbocycles. The molecule has 1 fully saturated rings. The fraction of sp³-hybridized carbons (Fsp3) is 0.667. The maximum Gasteiger partial charge on any atom is 0.203 e. The van der Waals surface area contributed by atoms with E-state index in [1.54, 1.807) is 0 Å². The van der Waals surface area contributed by atoms with Crippen LogP contribution in [0.2, 0.25) is 0 Å². The second kappa shape index (κ2) is 3.71. The molecule has 0 aromatic carbocycles. The molecule has 3 rings (SSSR count). The van der Waals surface area contributed by atoms with Gasteiger partial charge in [-0.05, 0) is 27.2 Å². The predicted molar refractivity (Wildman–Crippen MR) is 69.4 cm³/mol. The zero-order chi connectivity index (χ0) is 12.9. The normalized spacial score (nSPS) is 24.2. The molecule has 1 unspecified atom stereocenters. The van der Waals surface area contributed by atoms with Crippen molar-refractivity contribution in [3.05, 3.63) is 5.69 Å². The fourth-order valence-electron chi connectivity index (χ4n) is 2.77. The van der Waals surface area contributed by atoms with E-state index in [-0.39, 0.29) is 5.54 Å². The number of rotatable bonds is 2. The molecule has 98 valence electrons. The summed E-state index contributed by atoms with van der Waals surface area (Å²) in [7, 11) is 0. The molecule has 0 radical (unpaired) electrons. The van der Waals surface area contributed by atoms with Crippen LogP contribution in [0, 0.1) is 6.92 Å². The summed E-state index contributed by atoms with van der Waals surface area (Å²) in [5.74, 6) is 0.556. The summed E-state index contributed by atoms with van der Waals surface area (Å²) in [5, 5.41) is 4.51. The maximum absolute atomic E-state index is 6.11. The Kier molecular flexibility index (Phi) is 2.38. The van der Waals surface area contributed by atoms with Crippen LogP contribution in [0.3, 0.4) is 0 Å². The molecule has 0 bridgehead atoms. The number of aromatic nitrogens is 4. The summed E-state index contributed by atoms with van der Waals surface area (Å²) in [6.45, 7) is 8.48. The van der Waals surface area contributed by atoms with Crippen molar-refractivity contribution in [3.8, 4) is 0 Å². The fourth-order valence-corrected chi connectivity index (χ4v) is 2.77. The van der Waals surface area contributed by atoms with Gasteiger partial charge in [0, 0.05) is 13.2 Å². The van der Waals surface area contributed by atoms with E-state index in [4.69, 9.17) is 10.5 Å². The number of hydrogen-bond donors (Lipinski definition) is 1. The lowest BCUT2D eigenvalue weighted by atomic mass is 10.0. The number of nitrogens with two attached hydrogens (primary N) is 1. The molecule has 1 aliphatic heterocycles. The van der Waals surface area contributed by atoms with Crippen molar-refractivity contribution in [1.82, 2.24) is 19.3 Å². The molecule has 6 nitrogen and oxygen atoms in total. The van der Waals surface area contributed by atoms with Crippen LogP contribution in [-0.4, -0.2) is 32.5 Å². The third-order valence-electron chi connectivity index (χ3n) is 3.77. The monoisotopic (exact) mass is 249 g/mol. The smallest absolute Gasteiger partial charge is 0.203 e. The average Bonchev–Trinajstić information content (AvgIpc) is 2.97. The number of anilines is 1. The van der Waals surface area contributed by atoms with Crippen molar-refractivity contribution in [2.24, 2.45) is 0 Å². The Labute approximate surface area is 106 Å². The van der Waals surface area contributed by atoms with E-state index in [2.05, 4.69) is 28.5 Å². The molecule has 2 aromatic rings. The Morgan fingerprint density at radius 1 is 1.50 bits per heavy atom. The Bertz CT molecular complexity index is 591. The lowest BCUT2D eigenvalue weighted by Crippen LogP contribution is -2.32. The van der Waals surface area contributed by atoms with E-state index in [1.807, 2.05) is 11.6 Å². The van der Waals surface area contributed by atoms with E-state index in [1.165, 1.54) is 0 Å². The Balaban J connectivity index is 2.30. The number of ether oxygens (including phenoxy) is 1. The quantitative estimate of drug-likeness (QED) is 0.870. The van der Waals surface area contributed by atoms with E-state index < -0.39 is 0 Å². The highest BCUT2D eigenvalue weighted by atomic mass is 16.5. The van der Waals surface area contributed by atoms with Gasteiger partial charge in [-0.15, -0.1) is 0 Å². The van der Waals surface area contributed by atoms with Gasteiger partial charge < -0.3 is 10.5 Å². The molecule has 1 atom stereocenters. The number of fused-ring (bicyclic) bond motifs is 1. The molecule has 0 spiro atoms. The summed E-state index contributed by atoms with van der Waals surface area (Å²) in [5.41, 5.74) is 8.85. The molecule has 18 heavy (non-hydrogen) atoms. The minimum Gasteiger partial charge on any atom is -0.379 e. The molecule has 0 amide bonds. The van der Waals surface area contributed by atoms with Crippen LogP contribution in [0.25, 0.3) is 11.2 Å². The van der Waals surface area contributed by atoms with Gasteiger partial charge in [0.05, 0.1) is 17.8 Å². The largest absolute Gasteiger partial charge is 0.379 e. The van der Waals surface area contributed by atoms with Crippen LogP contribution in [0.4, 0.5) is 5.95 Å². The van der Waals surface area contributed by atoms with Gasteiger partial charge >= 0.3 is 0 Å². The van der Waals surface area contributed by atoms with E-state index in [0.717, 1.165) is 36.4 Å². The van der Waals surface area contributed by atoms with Crippen LogP contribution in [0.15, 0.2) is 0 Å². The number of hydrogen-bond acceptors (Lipinski definition) is 4. The van der Waals surface area contributed by atoms with E-state index >= 15 is 0 Å². The zero-order valence-corrected chi connectivity index (χ0v) is 11.1. The van der Waals surface area contributed by atoms with Crippen molar-refractivity contribution in [2.45, 2.75) is 39.3 Å². The second-order valence-electron chi connectivity index (χ2n) is 5.18. The Morgan fingerprint density at radius 3 is 2.89 bits per heavy atom. The predicted octanol–water partition coefficient (Wildman–Crippen LogP) is 1.28. The third-order valence-corrected chi connectivity index (χ3v) is 3.77. The molecule has 3 heterocycles. The third kappa shape index (κ3) is 1.38. The van der Waals surface area contributed by atoms with Crippen molar-refractivity contribution < 1.29 is 4.74 Å². The standard InChI is InChI=1S/C12H19N5O/c1-4-16-10-9(8(2)15-16)14-11(13)17(10)12(3)5-6-18-7-12/h4-7H2,1-3H3,(H2,13,14). The Hall–Kier alpha value is -1.56. The molecule has 2 N–H and O–H groups in total. The van der Waals surface area contributed by atoms with Gasteiger partial charge in [-0.3, -0.25) is 4.57 Å². The second-order valence-corrected chi connectivity index (χ2v) is 5.18. The summed E-state index contributed by atoms with van der Waals surface area (Å²) < 4.78 is 9.60. The van der Waals surface area contributed by atoms with Crippen LogP contribution >= 0.6 is 0 Å². The van der Waals surface area contributed by atoms with Crippen LogP contribution < -0.4 is 5.73 Å². The van der Waals surface area contributed by atoms with Crippen LogP contribution in [-0.2, 0) is 16.8 Å². The minimum absolute atomic E-state index is 0.113. The van der Waals surface area contributed by atoms with E-state index in [9.17, 15) is 0 Å². The van der Waals surface area contributed by atoms with Crippen LogP contribution in [0.1, 0.15) is 26.0 Å². The molecule has 1 aliphatic rings. The highest BCUT2D eigenvalue weighted by Gasteiger charge is 2.36. The molecular formula is C12H19N5O. The first-order valence-electron chi connectivity index (χ1n) is 6.36. The van der Waals surface area contributed by atoms with Crippen molar-refractivity contribution in [2.75, 3.05) is 18.9 Å². The topological polar surface area (TPSA) is 70.9 Å². The van der Waals surface area contributed by atoms with Gasteiger partial charge in [0.25, 0.3) is 0 Å². The van der Waals surface area contributed by atoms with Gasteiger partial charge in [0.1, 0.15) is 5.52 Å². The van der Waals surface area contributed by atoms with Crippen molar-refractivity contribution in [1.29, 1.82) is 0 Å². The molecular weight excluding hydrogens is 230 g/mol. The number of nitrogens with zero attached hydrogens (tertiary/aromatic N) is 4.